The van der Waals surface area contributed by atoms with E-state index in [0.29, 0.717) is 0 Å². The van der Waals surface area contributed by atoms with Crippen LogP contribution >= 0.6 is 0 Å². The summed E-state index contributed by atoms with van der Waals surface area (Å²) in [5.41, 5.74) is 4.01. The summed E-state index contributed by atoms with van der Waals surface area (Å²) in [6, 6.07) is 12.6. The molecule has 0 fully saturated rings. The van der Waals surface area contributed by atoms with E-state index in [1.807, 2.05) is 18.2 Å². The van der Waals surface area contributed by atoms with Crippen molar-refractivity contribution >= 4 is 5.82 Å². The second-order valence-corrected chi connectivity index (χ2v) is 4.37. The lowest BCUT2D eigenvalue weighted by atomic mass is 9.98. The Morgan fingerprint density at radius 3 is 2.59 bits per heavy atom. The molecule has 2 rings (SSSR count). The molecule has 17 heavy (non-hydrogen) atoms. The first-order valence-corrected chi connectivity index (χ1v) is 5.92. The molecular weight excluding hydrogens is 208 g/mol. The highest BCUT2D eigenvalue weighted by Gasteiger charge is 2.09. The molecule has 1 N–H and O–H groups in total. The van der Waals surface area contributed by atoms with Crippen molar-refractivity contribution in [2.24, 2.45) is 0 Å². The van der Waals surface area contributed by atoms with Gasteiger partial charge in [0.2, 0.25) is 0 Å². The Labute approximate surface area is 103 Å². The van der Waals surface area contributed by atoms with Crippen LogP contribution in [0.15, 0.2) is 42.6 Å². The van der Waals surface area contributed by atoms with Crippen LogP contribution < -0.4 is 5.32 Å². The maximum atomic E-state index is 4.29. The van der Waals surface area contributed by atoms with E-state index in [1.54, 1.807) is 6.20 Å². The van der Waals surface area contributed by atoms with Gasteiger partial charge in [-0.25, -0.2) is 4.98 Å². The van der Waals surface area contributed by atoms with E-state index in [-0.39, 0.29) is 6.04 Å². The second kappa shape index (κ2) is 5.00. The zero-order valence-electron chi connectivity index (χ0n) is 10.6. The van der Waals surface area contributed by atoms with Crippen LogP contribution in [0.25, 0.3) is 0 Å². The summed E-state index contributed by atoms with van der Waals surface area (Å²) in [6.07, 6.45) is 1.80. The van der Waals surface area contributed by atoms with Crippen molar-refractivity contribution < 1.29 is 0 Å². The molecule has 88 valence electrons. The molecule has 0 saturated heterocycles. The van der Waals surface area contributed by atoms with E-state index in [9.17, 15) is 0 Å². The van der Waals surface area contributed by atoms with Crippen LogP contribution in [0.1, 0.15) is 29.7 Å². The van der Waals surface area contributed by atoms with Crippen molar-refractivity contribution in [2.75, 3.05) is 5.32 Å². The smallest absolute Gasteiger partial charge is 0.126 e. The predicted octanol–water partition coefficient (Wildman–Crippen LogP) is 3.87. The van der Waals surface area contributed by atoms with Crippen LogP contribution in [-0.2, 0) is 0 Å². The quantitative estimate of drug-likeness (QED) is 0.859. The number of hydrogen-bond donors (Lipinski definition) is 1. The van der Waals surface area contributed by atoms with E-state index in [4.69, 9.17) is 0 Å². The van der Waals surface area contributed by atoms with Gasteiger partial charge in [-0.3, -0.25) is 0 Å². The SMILES string of the molecule is Cc1cccc(C(C)Nc2ccccn2)c1C. The zero-order chi connectivity index (χ0) is 12.3. The average Bonchev–Trinajstić information content (AvgIpc) is 2.34. The molecule has 2 aromatic rings. The average molecular weight is 226 g/mol. The van der Waals surface area contributed by atoms with Crippen LogP contribution in [0.2, 0.25) is 0 Å². The Morgan fingerprint density at radius 1 is 1.06 bits per heavy atom. The first-order valence-electron chi connectivity index (χ1n) is 5.92. The Balaban J connectivity index is 2.20. The van der Waals surface area contributed by atoms with Crippen molar-refractivity contribution in [1.82, 2.24) is 4.98 Å². The number of hydrogen-bond acceptors (Lipinski definition) is 2. The largest absolute Gasteiger partial charge is 0.364 e. The highest BCUT2D eigenvalue weighted by molar-refractivity contribution is 5.41. The van der Waals surface area contributed by atoms with E-state index in [2.05, 4.69) is 49.3 Å². The van der Waals surface area contributed by atoms with Crippen LogP contribution in [0.4, 0.5) is 5.82 Å². The molecule has 0 aliphatic rings. The van der Waals surface area contributed by atoms with Gasteiger partial charge >= 0.3 is 0 Å². The molecule has 1 atom stereocenters. The summed E-state index contributed by atoms with van der Waals surface area (Å²) in [4.78, 5) is 4.29. The third kappa shape index (κ3) is 2.64. The first kappa shape index (κ1) is 11.6. The van der Waals surface area contributed by atoms with Crippen LogP contribution in [-0.4, -0.2) is 4.98 Å². The molecular formula is C15H18N2. The van der Waals surface area contributed by atoms with E-state index < -0.39 is 0 Å². The van der Waals surface area contributed by atoms with Gasteiger partial charge in [0.05, 0.1) is 6.04 Å². The molecule has 0 saturated carbocycles. The number of anilines is 1. The Hall–Kier alpha value is -1.83. The summed E-state index contributed by atoms with van der Waals surface area (Å²) in [7, 11) is 0. The lowest BCUT2D eigenvalue weighted by Crippen LogP contribution is -2.09. The number of aryl methyl sites for hydroxylation is 1. The van der Waals surface area contributed by atoms with E-state index in [1.165, 1.54) is 16.7 Å². The first-order chi connectivity index (χ1) is 8.18. The lowest BCUT2D eigenvalue weighted by Gasteiger charge is -2.18. The molecule has 2 nitrogen and oxygen atoms in total. The molecule has 0 spiro atoms. The summed E-state index contributed by atoms with van der Waals surface area (Å²) in [5.74, 6) is 0.918. The van der Waals surface area contributed by atoms with Crippen LogP contribution in [0.5, 0.6) is 0 Å². The summed E-state index contributed by atoms with van der Waals surface area (Å²) in [5, 5.41) is 3.42. The van der Waals surface area contributed by atoms with Crippen molar-refractivity contribution in [1.29, 1.82) is 0 Å². The predicted molar refractivity (Wildman–Crippen MR) is 72.2 cm³/mol. The fraction of sp³-hybridized carbons (Fsp3) is 0.267. The molecule has 2 heteroatoms. The van der Waals surface area contributed by atoms with Gasteiger partial charge in [0, 0.05) is 6.20 Å². The Morgan fingerprint density at radius 2 is 1.88 bits per heavy atom. The molecule has 0 aliphatic heterocycles. The number of rotatable bonds is 3. The number of pyridine rings is 1. The number of nitrogens with zero attached hydrogens (tertiary/aromatic N) is 1. The van der Waals surface area contributed by atoms with Gasteiger partial charge in [0.25, 0.3) is 0 Å². The normalized spacial score (nSPS) is 12.2. The third-order valence-corrected chi connectivity index (χ3v) is 3.14. The molecule has 0 radical (unpaired) electrons. The van der Waals surface area contributed by atoms with Gasteiger partial charge in [0.1, 0.15) is 5.82 Å². The summed E-state index contributed by atoms with van der Waals surface area (Å²) >= 11 is 0. The lowest BCUT2D eigenvalue weighted by molar-refractivity contribution is 0.862. The third-order valence-electron chi connectivity index (χ3n) is 3.14. The molecule has 0 bridgehead atoms. The summed E-state index contributed by atoms with van der Waals surface area (Å²) < 4.78 is 0. The van der Waals surface area contributed by atoms with E-state index in [0.717, 1.165) is 5.82 Å². The topological polar surface area (TPSA) is 24.9 Å². The zero-order valence-corrected chi connectivity index (χ0v) is 10.6. The van der Waals surface area contributed by atoms with Gasteiger partial charge in [0.15, 0.2) is 0 Å². The van der Waals surface area contributed by atoms with Crippen LogP contribution in [0.3, 0.4) is 0 Å². The number of aromatic nitrogens is 1. The number of benzene rings is 1. The fourth-order valence-corrected chi connectivity index (χ4v) is 1.99. The van der Waals surface area contributed by atoms with Crippen molar-refractivity contribution in [2.45, 2.75) is 26.8 Å². The minimum absolute atomic E-state index is 0.268. The van der Waals surface area contributed by atoms with Crippen molar-refractivity contribution in [3.05, 3.63) is 59.3 Å². The maximum absolute atomic E-state index is 4.29. The highest BCUT2D eigenvalue weighted by atomic mass is 15.0. The van der Waals surface area contributed by atoms with Gasteiger partial charge < -0.3 is 5.32 Å². The van der Waals surface area contributed by atoms with Crippen molar-refractivity contribution in [3.63, 3.8) is 0 Å². The minimum atomic E-state index is 0.268. The van der Waals surface area contributed by atoms with Gasteiger partial charge in [-0.15, -0.1) is 0 Å². The molecule has 1 aromatic carbocycles. The fourth-order valence-electron chi connectivity index (χ4n) is 1.99. The molecule has 1 heterocycles. The maximum Gasteiger partial charge on any atom is 0.126 e. The number of nitrogens with one attached hydrogen (secondary N) is 1. The highest BCUT2D eigenvalue weighted by Crippen LogP contribution is 2.22. The van der Waals surface area contributed by atoms with E-state index >= 15 is 0 Å². The van der Waals surface area contributed by atoms with Crippen LogP contribution in [0, 0.1) is 13.8 Å². The minimum Gasteiger partial charge on any atom is -0.364 e. The molecule has 0 amide bonds. The van der Waals surface area contributed by atoms with Crippen molar-refractivity contribution in [3.8, 4) is 0 Å². The Bertz CT molecular complexity index is 492. The monoisotopic (exact) mass is 226 g/mol. The Kier molecular flexibility index (Phi) is 3.43. The molecule has 1 aromatic heterocycles. The second-order valence-electron chi connectivity index (χ2n) is 4.37. The van der Waals surface area contributed by atoms with Gasteiger partial charge in [-0.05, 0) is 49.6 Å². The summed E-state index contributed by atoms with van der Waals surface area (Å²) in [6.45, 7) is 6.48. The van der Waals surface area contributed by atoms with Gasteiger partial charge in [-0.2, -0.15) is 0 Å². The van der Waals surface area contributed by atoms with Gasteiger partial charge in [-0.1, -0.05) is 24.3 Å². The molecule has 1 unspecified atom stereocenters. The molecule has 0 aliphatic carbocycles. The standard InChI is InChI=1S/C15H18N2/c1-11-7-6-8-14(12(11)2)13(3)17-15-9-4-5-10-16-15/h4-10,13H,1-3H3,(H,16,17).